The van der Waals surface area contributed by atoms with Gasteiger partial charge in [-0.3, -0.25) is 0 Å². The Morgan fingerprint density at radius 3 is 0.446 bits per heavy atom. The van der Waals surface area contributed by atoms with Gasteiger partial charge >= 0.3 is 21.7 Å². The van der Waals surface area contributed by atoms with E-state index in [1.807, 2.05) is 0 Å². The van der Waals surface area contributed by atoms with Crippen LogP contribution in [-0.4, -0.2) is 24.0 Å². The number of aliphatic carboxylic acids is 3. The molecule has 0 heterocycles. The molecule has 0 aromatic carbocycles. The summed E-state index contributed by atoms with van der Waals surface area (Å²) < 4.78 is 0. The van der Waals surface area contributed by atoms with Crippen molar-refractivity contribution in [2.45, 2.75) is 349 Å². The average Bonchev–Trinajstić information content (AvgIpc) is 3.25. The maximum atomic E-state index is 10.2. The van der Waals surface area contributed by atoms with E-state index in [0.29, 0.717) is 0 Å². The van der Waals surface area contributed by atoms with Crippen LogP contribution in [0.2, 0.25) is 0 Å². The number of carbonyl (C=O) groups is 3. The van der Waals surface area contributed by atoms with Gasteiger partial charge in [0.2, 0.25) is 0 Å². The molecule has 0 saturated heterocycles. The first-order valence-corrected chi connectivity index (χ1v) is 28.3. The molecule has 0 amide bonds. The SMILES string of the molecule is CC(C)[O-].CCCCCCCCCCCCCCCCCC(=O)[O-].CCCCCCCCCCCCCCCCCC(=O)[O-].CCCCCCCCCCCCCCCCCC(=O)[O-].[Ti+4]. The minimum atomic E-state index is -0.903. The predicted molar refractivity (Wildman–Crippen MR) is 269 cm³/mol. The maximum Gasteiger partial charge on any atom is 4.00 e. The molecule has 0 rings (SSSR count). The normalized spacial score (nSPS) is 10.6. The van der Waals surface area contributed by atoms with Crippen LogP contribution in [0.25, 0.3) is 0 Å². The van der Waals surface area contributed by atoms with Crippen LogP contribution < -0.4 is 20.4 Å². The molecule has 0 saturated carbocycles. The third kappa shape index (κ3) is 93.8. The van der Waals surface area contributed by atoms with Gasteiger partial charge in [0.1, 0.15) is 0 Å². The smallest absolute Gasteiger partial charge is 0.852 e. The van der Waals surface area contributed by atoms with Crippen molar-refractivity contribution in [3.8, 4) is 0 Å². The molecule has 8 heteroatoms. The van der Waals surface area contributed by atoms with Gasteiger partial charge in [0.05, 0.1) is 0 Å². The molecule has 0 unspecified atom stereocenters. The molecule has 0 aliphatic carbocycles. The van der Waals surface area contributed by atoms with E-state index in [1.54, 1.807) is 13.8 Å². The molecule has 0 fully saturated rings. The van der Waals surface area contributed by atoms with E-state index in [2.05, 4.69) is 20.8 Å². The Labute approximate surface area is 421 Å². The van der Waals surface area contributed by atoms with Crippen LogP contribution >= 0.6 is 0 Å². The van der Waals surface area contributed by atoms with Gasteiger partial charge in [-0.1, -0.05) is 304 Å². The van der Waals surface area contributed by atoms with Crippen LogP contribution in [0.5, 0.6) is 0 Å². The van der Waals surface area contributed by atoms with Crippen molar-refractivity contribution in [3.63, 3.8) is 0 Å². The molecule has 0 spiro atoms. The van der Waals surface area contributed by atoms with Crippen molar-refractivity contribution < 1.29 is 56.5 Å². The van der Waals surface area contributed by atoms with E-state index in [4.69, 9.17) is 0 Å². The van der Waals surface area contributed by atoms with E-state index < -0.39 is 24.0 Å². The van der Waals surface area contributed by atoms with Gasteiger partial charge in [0.15, 0.2) is 0 Å². The Morgan fingerprint density at radius 2 is 0.354 bits per heavy atom. The van der Waals surface area contributed by atoms with Gasteiger partial charge in [-0.25, -0.2) is 0 Å². The number of carboxylic acids is 3. The van der Waals surface area contributed by atoms with Gasteiger partial charge < -0.3 is 34.8 Å². The van der Waals surface area contributed by atoms with Crippen molar-refractivity contribution in [3.05, 3.63) is 0 Å². The molecule has 7 nitrogen and oxygen atoms in total. The molecule has 0 bridgehead atoms. The van der Waals surface area contributed by atoms with E-state index in [-0.39, 0.29) is 41.0 Å². The van der Waals surface area contributed by atoms with Crippen LogP contribution in [0, 0.1) is 0 Å². The summed E-state index contributed by atoms with van der Waals surface area (Å²) in [6, 6.07) is 0. The van der Waals surface area contributed by atoms with Crippen molar-refractivity contribution >= 4 is 17.9 Å². The summed E-state index contributed by atoms with van der Waals surface area (Å²) in [5, 5.41) is 40.2. The zero-order valence-corrected chi connectivity index (χ0v) is 45.9. The summed E-state index contributed by atoms with van der Waals surface area (Å²) in [4.78, 5) is 30.7. The molecule has 0 aliphatic rings. The summed E-state index contributed by atoms with van der Waals surface area (Å²) in [5.74, 6) is -2.71. The summed E-state index contributed by atoms with van der Waals surface area (Å²) in [7, 11) is 0. The molecule has 0 atom stereocenters. The molecular weight excluding hydrogens is 844 g/mol. The first-order chi connectivity index (χ1) is 31.0. The zero-order chi connectivity index (χ0) is 48.3. The minimum Gasteiger partial charge on any atom is -0.852 e. The second-order valence-corrected chi connectivity index (χ2v) is 19.3. The predicted octanol–water partition coefficient (Wildman–Crippen LogP) is 14.7. The second-order valence-electron chi connectivity index (χ2n) is 19.3. The Morgan fingerprint density at radius 1 is 0.262 bits per heavy atom. The van der Waals surface area contributed by atoms with Gasteiger partial charge in [0.25, 0.3) is 0 Å². The summed E-state index contributed by atoms with van der Waals surface area (Å²) >= 11 is 0. The number of carbonyl (C=O) groups excluding carboxylic acids is 3. The third-order valence-electron chi connectivity index (χ3n) is 12.0. The van der Waals surface area contributed by atoms with Gasteiger partial charge in [-0.2, -0.15) is 0 Å². The monoisotopic (exact) mass is 957 g/mol. The van der Waals surface area contributed by atoms with Crippen LogP contribution in [0.3, 0.4) is 0 Å². The average molecular weight is 957 g/mol. The molecule has 0 radical (unpaired) electrons. The standard InChI is InChI=1S/3C18H36O2.C3H7O.Ti/c3*1-2-3-4-5-6-7-8-9-10-11-12-13-14-15-16-17-18(19)20;1-3(2)4;/h3*2-17H2,1H3,(H,19,20);3H,1-2H3;/q;;;-1;+4/p-3. The summed E-state index contributed by atoms with van der Waals surface area (Å²) in [5.41, 5.74) is 0. The van der Waals surface area contributed by atoms with E-state index in [0.717, 1.165) is 38.5 Å². The van der Waals surface area contributed by atoms with Gasteiger partial charge in [0, 0.05) is 17.9 Å². The second kappa shape index (κ2) is 69.7. The molecular formula is C57H112O7Ti. The summed E-state index contributed by atoms with van der Waals surface area (Å²) in [6.45, 7) is 10.0. The molecule has 0 N–H and O–H groups in total. The van der Waals surface area contributed by atoms with Crippen molar-refractivity contribution in [1.29, 1.82) is 0 Å². The molecule has 386 valence electrons. The fourth-order valence-electron chi connectivity index (χ4n) is 7.92. The van der Waals surface area contributed by atoms with Crippen LogP contribution in [0.4, 0.5) is 0 Å². The Kier molecular flexibility index (Phi) is 78.3. The zero-order valence-electron chi connectivity index (χ0n) is 44.4. The number of hydrogen-bond donors (Lipinski definition) is 0. The largest absolute Gasteiger partial charge is 4.00 e. The number of carboxylic acid groups (broad SMARTS) is 3. The first kappa shape index (κ1) is 73.1. The van der Waals surface area contributed by atoms with Crippen molar-refractivity contribution in [2.75, 3.05) is 0 Å². The van der Waals surface area contributed by atoms with Crippen LogP contribution in [0.1, 0.15) is 343 Å². The van der Waals surface area contributed by atoms with E-state index >= 15 is 0 Å². The number of hydrogen-bond acceptors (Lipinski definition) is 7. The minimum absolute atomic E-state index is 0. The fourth-order valence-corrected chi connectivity index (χ4v) is 7.92. The van der Waals surface area contributed by atoms with Crippen LogP contribution in [0.15, 0.2) is 0 Å². The Balaban J connectivity index is -0.000000263. The quantitative estimate of drug-likeness (QED) is 0.0436. The van der Waals surface area contributed by atoms with Crippen molar-refractivity contribution in [1.82, 2.24) is 0 Å². The molecule has 0 aliphatic heterocycles. The molecule has 0 aromatic heterocycles. The first-order valence-electron chi connectivity index (χ1n) is 28.3. The maximum absolute atomic E-state index is 10.2. The fraction of sp³-hybridized carbons (Fsp3) is 0.947. The number of rotatable bonds is 48. The van der Waals surface area contributed by atoms with E-state index in [1.165, 1.54) is 250 Å². The Hall–Kier alpha value is -0.916. The molecule has 0 aromatic rings. The Bertz CT molecular complexity index is 761. The summed E-state index contributed by atoms with van der Waals surface area (Å²) in [6.07, 6.45) is 59.2. The van der Waals surface area contributed by atoms with Crippen LogP contribution in [-0.2, 0) is 36.1 Å². The topological polar surface area (TPSA) is 143 Å². The number of unbranched alkanes of at least 4 members (excludes halogenated alkanes) is 42. The van der Waals surface area contributed by atoms with Crippen molar-refractivity contribution in [2.24, 2.45) is 0 Å². The van der Waals surface area contributed by atoms with Gasteiger partial charge in [-0.05, 0) is 38.5 Å². The van der Waals surface area contributed by atoms with E-state index in [9.17, 15) is 34.8 Å². The van der Waals surface area contributed by atoms with Gasteiger partial charge in [-0.15, -0.1) is 6.10 Å². The molecule has 65 heavy (non-hydrogen) atoms. The third-order valence-corrected chi connectivity index (χ3v) is 12.0.